The van der Waals surface area contributed by atoms with Crippen LogP contribution in [0, 0.1) is 11.3 Å². The Labute approximate surface area is 121 Å². The zero-order chi connectivity index (χ0) is 14.2. The molecule has 1 N–H and O–H groups in total. The van der Waals surface area contributed by atoms with Crippen LogP contribution in [0.5, 0.6) is 0 Å². The van der Waals surface area contributed by atoms with Gasteiger partial charge in [-0.1, -0.05) is 19.3 Å². The Kier molecular flexibility index (Phi) is 5.82. The lowest BCUT2D eigenvalue weighted by Gasteiger charge is -2.31. The molecule has 0 aromatic carbocycles. The van der Waals surface area contributed by atoms with Gasteiger partial charge in [0.05, 0.1) is 17.4 Å². The van der Waals surface area contributed by atoms with Gasteiger partial charge < -0.3 is 10.2 Å². The average Bonchev–Trinajstić information content (AvgIpc) is 2.52. The number of aromatic nitrogens is 1. The van der Waals surface area contributed by atoms with Gasteiger partial charge in [-0.05, 0) is 38.9 Å². The summed E-state index contributed by atoms with van der Waals surface area (Å²) in [7, 11) is 2.24. The van der Waals surface area contributed by atoms with E-state index in [2.05, 4.69) is 28.3 Å². The minimum absolute atomic E-state index is 0.667. The van der Waals surface area contributed by atoms with Gasteiger partial charge in [-0.15, -0.1) is 0 Å². The van der Waals surface area contributed by atoms with E-state index in [0.717, 1.165) is 31.2 Å². The normalized spacial score (nSPS) is 16.1. The fraction of sp³-hybridized carbons (Fsp3) is 0.625. The summed E-state index contributed by atoms with van der Waals surface area (Å²) >= 11 is 0. The number of pyridine rings is 1. The standard InChI is InChI=1S/C16H24N4/c1-20(15-6-3-2-4-7-15)11-5-9-19-16-13-18-10-8-14(16)12-17/h8,10,13,15,19H,2-7,9,11H2,1H3. The average molecular weight is 272 g/mol. The van der Waals surface area contributed by atoms with E-state index < -0.39 is 0 Å². The van der Waals surface area contributed by atoms with Crippen molar-refractivity contribution in [1.82, 2.24) is 9.88 Å². The summed E-state index contributed by atoms with van der Waals surface area (Å²) < 4.78 is 0. The van der Waals surface area contributed by atoms with E-state index in [0.29, 0.717) is 5.56 Å². The number of anilines is 1. The van der Waals surface area contributed by atoms with Crippen molar-refractivity contribution in [2.75, 3.05) is 25.5 Å². The molecule has 1 heterocycles. The van der Waals surface area contributed by atoms with Crippen molar-refractivity contribution in [3.05, 3.63) is 24.0 Å². The SMILES string of the molecule is CN(CCCNc1cnccc1C#N)C1CCCCC1. The van der Waals surface area contributed by atoms with E-state index in [1.165, 1.54) is 32.1 Å². The first kappa shape index (κ1) is 14.8. The van der Waals surface area contributed by atoms with Crippen molar-refractivity contribution in [2.45, 2.75) is 44.6 Å². The summed E-state index contributed by atoms with van der Waals surface area (Å²) in [5, 5.41) is 12.3. The van der Waals surface area contributed by atoms with Gasteiger partial charge in [0.2, 0.25) is 0 Å². The van der Waals surface area contributed by atoms with Gasteiger partial charge >= 0.3 is 0 Å². The molecule has 0 spiro atoms. The van der Waals surface area contributed by atoms with Crippen LogP contribution >= 0.6 is 0 Å². The Morgan fingerprint density at radius 3 is 2.95 bits per heavy atom. The van der Waals surface area contributed by atoms with Crippen molar-refractivity contribution in [3.8, 4) is 6.07 Å². The number of hydrogen-bond donors (Lipinski definition) is 1. The molecule has 1 aliphatic rings. The number of nitrogens with zero attached hydrogens (tertiary/aromatic N) is 3. The van der Waals surface area contributed by atoms with Crippen molar-refractivity contribution >= 4 is 5.69 Å². The van der Waals surface area contributed by atoms with Crippen molar-refractivity contribution in [1.29, 1.82) is 5.26 Å². The van der Waals surface area contributed by atoms with Crippen LogP contribution in [-0.2, 0) is 0 Å². The molecule has 1 aliphatic carbocycles. The fourth-order valence-electron chi connectivity index (χ4n) is 2.89. The van der Waals surface area contributed by atoms with Crippen LogP contribution in [-0.4, -0.2) is 36.1 Å². The third-order valence-electron chi connectivity index (χ3n) is 4.14. The highest BCUT2D eigenvalue weighted by Gasteiger charge is 2.17. The van der Waals surface area contributed by atoms with Crippen LogP contribution in [0.4, 0.5) is 5.69 Å². The molecule has 0 bridgehead atoms. The maximum atomic E-state index is 9.01. The summed E-state index contributed by atoms with van der Waals surface area (Å²) in [4.78, 5) is 6.55. The molecule has 1 aromatic heterocycles. The third-order valence-corrected chi connectivity index (χ3v) is 4.14. The topological polar surface area (TPSA) is 52.0 Å². The molecular weight excluding hydrogens is 248 g/mol. The second kappa shape index (κ2) is 7.86. The van der Waals surface area contributed by atoms with Crippen LogP contribution in [0.1, 0.15) is 44.1 Å². The van der Waals surface area contributed by atoms with Crippen LogP contribution in [0.2, 0.25) is 0 Å². The van der Waals surface area contributed by atoms with Crippen LogP contribution in [0.15, 0.2) is 18.5 Å². The molecule has 108 valence electrons. The number of nitriles is 1. The molecule has 1 aromatic rings. The molecule has 0 amide bonds. The lowest BCUT2D eigenvalue weighted by Crippen LogP contribution is -2.34. The van der Waals surface area contributed by atoms with Crippen molar-refractivity contribution in [2.24, 2.45) is 0 Å². The Morgan fingerprint density at radius 2 is 2.20 bits per heavy atom. The molecule has 20 heavy (non-hydrogen) atoms. The Hall–Kier alpha value is -1.60. The van der Waals surface area contributed by atoms with Crippen molar-refractivity contribution in [3.63, 3.8) is 0 Å². The quantitative estimate of drug-likeness (QED) is 0.809. The highest BCUT2D eigenvalue weighted by molar-refractivity contribution is 5.55. The van der Waals surface area contributed by atoms with Gasteiger partial charge in [-0.2, -0.15) is 5.26 Å². The molecule has 1 fully saturated rings. The van der Waals surface area contributed by atoms with E-state index in [-0.39, 0.29) is 0 Å². The number of rotatable bonds is 6. The smallest absolute Gasteiger partial charge is 0.101 e. The predicted molar refractivity (Wildman–Crippen MR) is 81.6 cm³/mol. The predicted octanol–water partition coefficient (Wildman–Crippen LogP) is 3.02. The Morgan fingerprint density at radius 1 is 1.40 bits per heavy atom. The molecule has 4 nitrogen and oxygen atoms in total. The van der Waals surface area contributed by atoms with Gasteiger partial charge in [-0.3, -0.25) is 4.98 Å². The second-order valence-corrected chi connectivity index (χ2v) is 5.59. The maximum Gasteiger partial charge on any atom is 0.101 e. The van der Waals surface area contributed by atoms with E-state index in [9.17, 15) is 0 Å². The van der Waals surface area contributed by atoms with Gasteiger partial charge in [0, 0.05) is 18.8 Å². The summed E-state index contributed by atoms with van der Waals surface area (Å²) in [6, 6.07) is 4.71. The summed E-state index contributed by atoms with van der Waals surface area (Å²) in [6.07, 6.45) is 11.3. The molecule has 2 rings (SSSR count). The van der Waals surface area contributed by atoms with Crippen LogP contribution < -0.4 is 5.32 Å². The number of hydrogen-bond acceptors (Lipinski definition) is 4. The van der Waals surface area contributed by atoms with Crippen molar-refractivity contribution < 1.29 is 0 Å². The number of nitrogens with one attached hydrogen (secondary N) is 1. The molecule has 0 radical (unpaired) electrons. The monoisotopic (exact) mass is 272 g/mol. The van der Waals surface area contributed by atoms with Gasteiger partial charge in [0.1, 0.15) is 6.07 Å². The van der Waals surface area contributed by atoms with E-state index >= 15 is 0 Å². The zero-order valence-corrected chi connectivity index (χ0v) is 12.3. The van der Waals surface area contributed by atoms with E-state index in [4.69, 9.17) is 5.26 Å². The van der Waals surface area contributed by atoms with E-state index in [1.54, 1.807) is 18.5 Å². The van der Waals surface area contributed by atoms with E-state index in [1.807, 2.05) is 0 Å². The van der Waals surface area contributed by atoms with Crippen LogP contribution in [0.3, 0.4) is 0 Å². The summed E-state index contributed by atoms with van der Waals surface area (Å²) in [5.41, 5.74) is 1.51. The molecular formula is C16H24N4. The first-order valence-corrected chi connectivity index (χ1v) is 7.59. The van der Waals surface area contributed by atoms with Gasteiger partial charge in [-0.25, -0.2) is 0 Å². The molecule has 1 saturated carbocycles. The summed E-state index contributed by atoms with van der Waals surface area (Å²) in [5.74, 6) is 0. The molecule has 0 aliphatic heterocycles. The highest BCUT2D eigenvalue weighted by atomic mass is 15.1. The highest BCUT2D eigenvalue weighted by Crippen LogP contribution is 2.21. The third kappa shape index (κ3) is 4.21. The molecule has 0 unspecified atom stereocenters. The van der Waals surface area contributed by atoms with Crippen LogP contribution in [0.25, 0.3) is 0 Å². The lowest BCUT2D eigenvalue weighted by atomic mass is 9.94. The Bertz CT molecular complexity index is 446. The Balaban J connectivity index is 1.69. The summed E-state index contributed by atoms with van der Waals surface area (Å²) in [6.45, 7) is 2.00. The molecule has 0 atom stereocenters. The molecule has 4 heteroatoms. The maximum absolute atomic E-state index is 9.01. The minimum Gasteiger partial charge on any atom is -0.383 e. The fourth-order valence-corrected chi connectivity index (χ4v) is 2.89. The minimum atomic E-state index is 0.667. The van der Waals surface area contributed by atoms with Gasteiger partial charge in [0.25, 0.3) is 0 Å². The first-order valence-electron chi connectivity index (χ1n) is 7.59. The first-order chi connectivity index (χ1) is 9.81. The molecule has 0 saturated heterocycles. The second-order valence-electron chi connectivity index (χ2n) is 5.59. The van der Waals surface area contributed by atoms with Gasteiger partial charge in [0.15, 0.2) is 0 Å². The zero-order valence-electron chi connectivity index (χ0n) is 12.3. The lowest BCUT2D eigenvalue weighted by molar-refractivity contribution is 0.191. The largest absolute Gasteiger partial charge is 0.383 e.